The number of methoxy groups -OCH3 is 2. The summed E-state index contributed by atoms with van der Waals surface area (Å²) in [4.78, 5) is 34.3. The SMILES string of the molecule is COc1ccc(CCNC(=O)CSc2nc3sc4c(c3c(=O)[nH]2)CCCC4)cc1OC. The number of aromatic nitrogens is 2. The molecule has 1 aromatic carbocycles. The lowest BCUT2D eigenvalue weighted by molar-refractivity contribution is -0.118. The molecule has 31 heavy (non-hydrogen) atoms. The van der Waals surface area contributed by atoms with Crippen LogP contribution in [0.2, 0.25) is 0 Å². The Balaban J connectivity index is 1.32. The van der Waals surface area contributed by atoms with E-state index in [2.05, 4.69) is 15.3 Å². The Morgan fingerprint density at radius 1 is 1.23 bits per heavy atom. The second-order valence-electron chi connectivity index (χ2n) is 7.34. The molecule has 2 aromatic heterocycles. The van der Waals surface area contributed by atoms with Gasteiger partial charge in [-0.1, -0.05) is 17.8 Å². The molecule has 7 nitrogen and oxygen atoms in total. The number of thioether (sulfide) groups is 1. The number of carbonyl (C=O) groups is 1. The summed E-state index contributed by atoms with van der Waals surface area (Å²) in [6.07, 6.45) is 4.95. The lowest BCUT2D eigenvalue weighted by atomic mass is 9.97. The molecule has 0 saturated heterocycles. The van der Waals surface area contributed by atoms with E-state index in [4.69, 9.17) is 9.47 Å². The van der Waals surface area contributed by atoms with Gasteiger partial charge in [-0.25, -0.2) is 4.98 Å². The van der Waals surface area contributed by atoms with Crippen molar-refractivity contribution in [3.05, 3.63) is 44.6 Å². The molecule has 0 atom stereocenters. The van der Waals surface area contributed by atoms with Gasteiger partial charge in [0, 0.05) is 11.4 Å². The minimum absolute atomic E-state index is 0.0965. The number of nitrogens with zero attached hydrogens (tertiary/aromatic N) is 1. The van der Waals surface area contributed by atoms with Gasteiger partial charge in [-0.05, 0) is 55.4 Å². The summed E-state index contributed by atoms with van der Waals surface area (Å²) in [5.74, 6) is 1.45. The Labute approximate surface area is 188 Å². The highest BCUT2D eigenvalue weighted by molar-refractivity contribution is 7.99. The molecule has 0 saturated carbocycles. The number of hydrogen-bond acceptors (Lipinski definition) is 7. The van der Waals surface area contributed by atoms with Gasteiger partial charge < -0.3 is 19.8 Å². The van der Waals surface area contributed by atoms with E-state index in [-0.39, 0.29) is 17.2 Å². The topological polar surface area (TPSA) is 93.3 Å². The van der Waals surface area contributed by atoms with Crippen LogP contribution in [-0.2, 0) is 24.1 Å². The zero-order valence-corrected chi connectivity index (χ0v) is 19.2. The third-order valence-corrected chi connectivity index (χ3v) is 7.39. The van der Waals surface area contributed by atoms with Gasteiger partial charge in [0.1, 0.15) is 4.83 Å². The first-order chi connectivity index (χ1) is 15.1. The number of hydrogen-bond donors (Lipinski definition) is 2. The van der Waals surface area contributed by atoms with E-state index in [1.54, 1.807) is 25.6 Å². The summed E-state index contributed by atoms with van der Waals surface area (Å²) in [6, 6.07) is 5.71. The zero-order valence-electron chi connectivity index (χ0n) is 17.6. The number of fused-ring (bicyclic) bond motifs is 3. The van der Waals surface area contributed by atoms with E-state index in [0.717, 1.165) is 35.0 Å². The quantitative estimate of drug-likeness (QED) is 0.396. The molecule has 0 radical (unpaired) electrons. The maximum absolute atomic E-state index is 12.6. The maximum atomic E-state index is 12.6. The van der Waals surface area contributed by atoms with Crippen LogP contribution in [0.3, 0.4) is 0 Å². The molecule has 0 bridgehead atoms. The molecule has 1 aliphatic rings. The van der Waals surface area contributed by atoms with Crippen molar-refractivity contribution in [2.45, 2.75) is 37.3 Å². The third kappa shape index (κ3) is 4.88. The summed E-state index contributed by atoms with van der Waals surface area (Å²) in [5, 5.41) is 4.14. The van der Waals surface area contributed by atoms with E-state index in [0.29, 0.717) is 29.6 Å². The van der Waals surface area contributed by atoms with Crippen molar-refractivity contribution < 1.29 is 14.3 Å². The maximum Gasteiger partial charge on any atom is 0.260 e. The van der Waals surface area contributed by atoms with E-state index in [1.165, 1.54) is 28.6 Å². The number of rotatable bonds is 8. The number of carbonyl (C=O) groups excluding carboxylic acids is 1. The van der Waals surface area contributed by atoms with Gasteiger partial charge in [-0.2, -0.15) is 0 Å². The van der Waals surface area contributed by atoms with E-state index in [9.17, 15) is 9.59 Å². The number of benzene rings is 1. The molecule has 4 rings (SSSR count). The monoisotopic (exact) mass is 459 g/mol. The smallest absolute Gasteiger partial charge is 0.260 e. The van der Waals surface area contributed by atoms with Crippen LogP contribution in [0.1, 0.15) is 28.8 Å². The molecule has 2 heterocycles. The fourth-order valence-corrected chi connectivity index (χ4v) is 5.79. The van der Waals surface area contributed by atoms with Crippen LogP contribution in [0.4, 0.5) is 0 Å². The number of thiophene rings is 1. The molecule has 164 valence electrons. The summed E-state index contributed by atoms with van der Waals surface area (Å²) < 4.78 is 10.5. The summed E-state index contributed by atoms with van der Waals surface area (Å²) in [7, 11) is 3.20. The van der Waals surface area contributed by atoms with Crippen molar-refractivity contribution in [2.75, 3.05) is 26.5 Å². The summed E-state index contributed by atoms with van der Waals surface area (Å²) in [6.45, 7) is 0.509. The number of H-pyrrole nitrogens is 1. The average Bonchev–Trinajstić information content (AvgIpc) is 3.16. The molecule has 0 spiro atoms. The van der Waals surface area contributed by atoms with Gasteiger partial charge in [0.15, 0.2) is 16.7 Å². The summed E-state index contributed by atoms with van der Waals surface area (Å²) in [5.41, 5.74) is 2.12. The van der Waals surface area contributed by atoms with E-state index >= 15 is 0 Å². The van der Waals surface area contributed by atoms with Gasteiger partial charge in [-0.3, -0.25) is 9.59 Å². The molecule has 9 heteroatoms. The fraction of sp³-hybridized carbons (Fsp3) is 0.409. The molecule has 1 aliphatic carbocycles. The van der Waals surface area contributed by atoms with Crippen molar-refractivity contribution in [2.24, 2.45) is 0 Å². The number of aryl methyl sites for hydroxylation is 2. The molecular weight excluding hydrogens is 434 g/mol. The Morgan fingerprint density at radius 3 is 2.84 bits per heavy atom. The third-order valence-electron chi connectivity index (χ3n) is 5.33. The van der Waals surface area contributed by atoms with E-state index in [1.807, 2.05) is 18.2 Å². The largest absolute Gasteiger partial charge is 0.493 e. The molecule has 0 unspecified atom stereocenters. The van der Waals surface area contributed by atoms with Crippen molar-refractivity contribution in [1.82, 2.24) is 15.3 Å². The van der Waals surface area contributed by atoms with Crippen molar-refractivity contribution in [3.63, 3.8) is 0 Å². The summed E-state index contributed by atoms with van der Waals surface area (Å²) >= 11 is 2.87. The van der Waals surface area contributed by atoms with E-state index < -0.39 is 0 Å². The van der Waals surface area contributed by atoms with Crippen LogP contribution in [-0.4, -0.2) is 42.4 Å². The first-order valence-corrected chi connectivity index (χ1v) is 12.0. The minimum atomic E-state index is -0.0984. The predicted octanol–water partition coefficient (Wildman–Crippen LogP) is 3.33. The fourth-order valence-electron chi connectivity index (χ4n) is 3.78. The van der Waals surface area contributed by atoms with Crippen LogP contribution in [0.25, 0.3) is 10.2 Å². The number of ether oxygens (including phenoxy) is 2. The first-order valence-electron chi connectivity index (χ1n) is 10.2. The average molecular weight is 460 g/mol. The van der Waals surface area contributed by atoms with Crippen molar-refractivity contribution in [1.29, 1.82) is 0 Å². The molecule has 0 fully saturated rings. The Hall–Kier alpha value is -2.52. The second kappa shape index (κ2) is 9.74. The number of aromatic amines is 1. The standard InChI is InChI=1S/C22H25N3O4S2/c1-28-15-8-7-13(11-16(15)29-2)9-10-23-18(26)12-30-22-24-20(27)19-14-5-3-4-6-17(14)31-21(19)25-22/h7-8,11H,3-6,9-10,12H2,1-2H3,(H,23,26)(H,24,25,27). The number of nitrogens with one attached hydrogen (secondary N) is 2. The minimum Gasteiger partial charge on any atom is -0.493 e. The molecule has 2 N–H and O–H groups in total. The van der Waals surface area contributed by atoms with Crippen LogP contribution in [0.5, 0.6) is 11.5 Å². The van der Waals surface area contributed by atoms with Crippen LogP contribution >= 0.6 is 23.1 Å². The second-order valence-corrected chi connectivity index (χ2v) is 9.39. The van der Waals surface area contributed by atoms with Gasteiger partial charge in [0.2, 0.25) is 5.91 Å². The first kappa shape index (κ1) is 21.7. The highest BCUT2D eigenvalue weighted by Crippen LogP contribution is 2.34. The van der Waals surface area contributed by atoms with Gasteiger partial charge in [0.05, 0.1) is 25.4 Å². The molecule has 0 aliphatic heterocycles. The Kier molecular flexibility index (Phi) is 6.82. The van der Waals surface area contributed by atoms with Crippen LogP contribution in [0, 0.1) is 0 Å². The van der Waals surface area contributed by atoms with Crippen molar-refractivity contribution in [3.8, 4) is 11.5 Å². The Morgan fingerprint density at radius 2 is 2.03 bits per heavy atom. The normalized spacial score (nSPS) is 13.1. The lowest BCUT2D eigenvalue weighted by Crippen LogP contribution is -2.27. The van der Waals surface area contributed by atoms with Crippen LogP contribution in [0.15, 0.2) is 28.2 Å². The molecule has 3 aromatic rings. The van der Waals surface area contributed by atoms with Gasteiger partial charge in [0.25, 0.3) is 5.56 Å². The van der Waals surface area contributed by atoms with Crippen LogP contribution < -0.4 is 20.3 Å². The van der Waals surface area contributed by atoms with Crippen molar-refractivity contribution >= 4 is 39.2 Å². The van der Waals surface area contributed by atoms with Gasteiger partial charge >= 0.3 is 0 Å². The van der Waals surface area contributed by atoms with Gasteiger partial charge in [-0.15, -0.1) is 11.3 Å². The Bertz CT molecular complexity index is 1160. The zero-order chi connectivity index (χ0) is 21.8. The molecule has 1 amide bonds. The number of amides is 1. The molecular formula is C22H25N3O4S2. The highest BCUT2D eigenvalue weighted by Gasteiger charge is 2.20. The lowest BCUT2D eigenvalue weighted by Gasteiger charge is -2.10. The highest BCUT2D eigenvalue weighted by atomic mass is 32.2. The predicted molar refractivity (Wildman–Crippen MR) is 124 cm³/mol.